The summed E-state index contributed by atoms with van der Waals surface area (Å²) in [7, 11) is 0. The SMILES string of the molecule is CC1(c2cc(N)n(-c3ccccc3)n2)CCC1. The molecule has 3 nitrogen and oxygen atoms in total. The number of rotatable bonds is 2. The molecular weight excluding hydrogens is 210 g/mol. The minimum atomic E-state index is 0.244. The van der Waals surface area contributed by atoms with Crippen LogP contribution in [0, 0.1) is 0 Å². The molecule has 0 bridgehead atoms. The number of aromatic nitrogens is 2. The number of hydrogen-bond donors (Lipinski definition) is 1. The van der Waals surface area contributed by atoms with Gasteiger partial charge in [0.1, 0.15) is 5.82 Å². The van der Waals surface area contributed by atoms with Crippen LogP contribution in [0.2, 0.25) is 0 Å². The molecule has 0 unspecified atom stereocenters. The van der Waals surface area contributed by atoms with Crippen molar-refractivity contribution < 1.29 is 0 Å². The van der Waals surface area contributed by atoms with Crippen LogP contribution in [0.15, 0.2) is 36.4 Å². The van der Waals surface area contributed by atoms with E-state index in [1.165, 1.54) is 19.3 Å². The summed E-state index contributed by atoms with van der Waals surface area (Å²) in [4.78, 5) is 0. The lowest BCUT2D eigenvalue weighted by atomic mass is 9.68. The molecule has 1 saturated carbocycles. The third-order valence-electron chi connectivity index (χ3n) is 3.81. The van der Waals surface area contributed by atoms with Gasteiger partial charge in [-0.1, -0.05) is 31.5 Å². The Balaban J connectivity index is 2.02. The lowest BCUT2D eigenvalue weighted by Gasteiger charge is -2.36. The van der Waals surface area contributed by atoms with E-state index in [1.54, 1.807) is 0 Å². The highest BCUT2D eigenvalue weighted by molar-refractivity contribution is 5.44. The molecule has 3 heteroatoms. The summed E-state index contributed by atoms with van der Waals surface area (Å²) in [6, 6.07) is 12.1. The van der Waals surface area contributed by atoms with E-state index in [2.05, 4.69) is 12.0 Å². The van der Waals surface area contributed by atoms with Crippen molar-refractivity contribution in [3.63, 3.8) is 0 Å². The van der Waals surface area contributed by atoms with Crippen LogP contribution in [0.3, 0.4) is 0 Å². The first-order valence-electron chi connectivity index (χ1n) is 6.10. The number of nitrogens with zero attached hydrogens (tertiary/aromatic N) is 2. The first-order valence-corrected chi connectivity index (χ1v) is 6.10. The zero-order valence-corrected chi connectivity index (χ0v) is 10.1. The van der Waals surface area contributed by atoms with Crippen molar-refractivity contribution >= 4 is 5.82 Å². The van der Waals surface area contributed by atoms with Gasteiger partial charge in [-0.05, 0) is 25.0 Å². The maximum atomic E-state index is 6.05. The van der Waals surface area contributed by atoms with Crippen molar-refractivity contribution in [3.05, 3.63) is 42.1 Å². The molecule has 17 heavy (non-hydrogen) atoms. The number of benzene rings is 1. The summed E-state index contributed by atoms with van der Waals surface area (Å²) >= 11 is 0. The molecule has 0 radical (unpaired) electrons. The third kappa shape index (κ3) is 1.62. The van der Waals surface area contributed by atoms with Gasteiger partial charge in [0.05, 0.1) is 11.4 Å². The Hall–Kier alpha value is -1.77. The molecule has 3 rings (SSSR count). The Kier molecular flexibility index (Phi) is 2.21. The fraction of sp³-hybridized carbons (Fsp3) is 0.357. The van der Waals surface area contributed by atoms with Gasteiger partial charge in [-0.2, -0.15) is 5.10 Å². The Morgan fingerprint density at radius 2 is 1.94 bits per heavy atom. The second kappa shape index (κ2) is 3.62. The number of para-hydroxylation sites is 1. The van der Waals surface area contributed by atoms with Crippen LogP contribution in [0.5, 0.6) is 0 Å². The number of nitrogen functional groups attached to an aromatic ring is 1. The van der Waals surface area contributed by atoms with E-state index in [0.717, 1.165) is 17.2 Å². The molecule has 1 aromatic heterocycles. The van der Waals surface area contributed by atoms with Gasteiger partial charge in [0, 0.05) is 11.5 Å². The topological polar surface area (TPSA) is 43.8 Å². The molecule has 0 amide bonds. The average Bonchev–Trinajstić information content (AvgIpc) is 2.70. The molecule has 0 saturated heterocycles. The number of anilines is 1. The zero-order chi connectivity index (χ0) is 11.9. The molecule has 1 heterocycles. The van der Waals surface area contributed by atoms with Crippen LogP contribution >= 0.6 is 0 Å². The molecule has 88 valence electrons. The smallest absolute Gasteiger partial charge is 0.127 e. The molecule has 1 aliphatic rings. The van der Waals surface area contributed by atoms with Crippen LogP contribution in [0.4, 0.5) is 5.82 Å². The van der Waals surface area contributed by atoms with Crippen molar-refractivity contribution in [2.45, 2.75) is 31.6 Å². The van der Waals surface area contributed by atoms with Gasteiger partial charge in [0.25, 0.3) is 0 Å². The van der Waals surface area contributed by atoms with Crippen LogP contribution in [-0.2, 0) is 5.41 Å². The van der Waals surface area contributed by atoms with Crippen molar-refractivity contribution in [3.8, 4) is 5.69 Å². The lowest BCUT2D eigenvalue weighted by Crippen LogP contribution is -2.30. The first-order chi connectivity index (χ1) is 8.19. The number of hydrogen-bond acceptors (Lipinski definition) is 2. The summed E-state index contributed by atoms with van der Waals surface area (Å²) in [5, 5.41) is 4.67. The van der Waals surface area contributed by atoms with E-state index in [4.69, 9.17) is 5.73 Å². The highest BCUT2D eigenvalue weighted by Gasteiger charge is 2.36. The van der Waals surface area contributed by atoms with E-state index in [-0.39, 0.29) is 5.41 Å². The lowest BCUT2D eigenvalue weighted by molar-refractivity contribution is 0.263. The van der Waals surface area contributed by atoms with E-state index in [9.17, 15) is 0 Å². The highest BCUT2D eigenvalue weighted by atomic mass is 15.3. The van der Waals surface area contributed by atoms with Crippen molar-refractivity contribution in [1.82, 2.24) is 9.78 Å². The monoisotopic (exact) mass is 227 g/mol. The standard InChI is InChI=1S/C14H17N3/c1-14(8-5-9-14)12-10-13(15)17(16-12)11-6-3-2-4-7-11/h2-4,6-7,10H,5,8-9,15H2,1H3. The van der Waals surface area contributed by atoms with Gasteiger partial charge < -0.3 is 5.73 Å². The van der Waals surface area contributed by atoms with Crippen LogP contribution < -0.4 is 5.73 Å². The van der Waals surface area contributed by atoms with Gasteiger partial charge in [0.2, 0.25) is 0 Å². The first kappa shape index (κ1) is 10.4. The van der Waals surface area contributed by atoms with Crippen LogP contribution in [-0.4, -0.2) is 9.78 Å². The van der Waals surface area contributed by atoms with Gasteiger partial charge in [-0.3, -0.25) is 0 Å². The fourth-order valence-corrected chi connectivity index (χ4v) is 2.43. The minimum absolute atomic E-state index is 0.244. The fourth-order valence-electron chi connectivity index (χ4n) is 2.43. The maximum absolute atomic E-state index is 6.05. The van der Waals surface area contributed by atoms with Gasteiger partial charge >= 0.3 is 0 Å². The summed E-state index contributed by atoms with van der Waals surface area (Å²) < 4.78 is 1.83. The van der Waals surface area contributed by atoms with E-state index in [1.807, 2.05) is 41.1 Å². The molecule has 2 N–H and O–H groups in total. The third-order valence-corrected chi connectivity index (χ3v) is 3.81. The summed E-state index contributed by atoms with van der Waals surface area (Å²) in [5.41, 5.74) is 8.45. The Labute approximate surface area is 101 Å². The quantitative estimate of drug-likeness (QED) is 0.857. The molecule has 0 atom stereocenters. The summed E-state index contributed by atoms with van der Waals surface area (Å²) in [5.74, 6) is 0.722. The molecule has 1 fully saturated rings. The largest absolute Gasteiger partial charge is 0.384 e. The van der Waals surface area contributed by atoms with Crippen molar-refractivity contribution in [1.29, 1.82) is 0 Å². The summed E-state index contributed by atoms with van der Waals surface area (Å²) in [6.07, 6.45) is 3.74. The van der Waals surface area contributed by atoms with Gasteiger partial charge in [-0.25, -0.2) is 4.68 Å². The van der Waals surface area contributed by atoms with Gasteiger partial charge in [0.15, 0.2) is 0 Å². The molecular formula is C14H17N3. The van der Waals surface area contributed by atoms with E-state index < -0.39 is 0 Å². The molecule has 1 aromatic carbocycles. The van der Waals surface area contributed by atoms with E-state index >= 15 is 0 Å². The van der Waals surface area contributed by atoms with Crippen LogP contribution in [0.25, 0.3) is 5.69 Å². The predicted octanol–water partition coefficient (Wildman–Crippen LogP) is 2.90. The Morgan fingerprint density at radius 3 is 2.53 bits per heavy atom. The second-order valence-electron chi connectivity index (χ2n) is 5.12. The highest BCUT2D eigenvalue weighted by Crippen LogP contribution is 2.43. The molecule has 2 aromatic rings. The zero-order valence-electron chi connectivity index (χ0n) is 10.1. The molecule has 0 aliphatic heterocycles. The molecule has 1 aliphatic carbocycles. The minimum Gasteiger partial charge on any atom is -0.384 e. The van der Waals surface area contributed by atoms with E-state index in [0.29, 0.717) is 0 Å². The van der Waals surface area contributed by atoms with Crippen LogP contribution in [0.1, 0.15) is 31.9 Å². The molecule has 0 spiro atoms. The second-order valence-corrected chi connectivity index (χ2v) is 5.12. The maximum Gasteiger partial charge on any atom is 0.127 e. The van der Waals surface area contributed by atoms with Crippen molar-refractivity contribution in [2.75, 3.05) is 5.73 Å². The normalized spacial score (nSPS) is 17.7. The predicted molar refractivity (Wildman–Crippen MR) is 69.2 cm³/mol. The Bertz CT molecular complexity index is 524. The van der Waals surface area contributed by atoms with Crippen molar-refractivity contribution in [2.24, 2.45) is 0 Å². The number of nitrogens with two attached hydrogens (primary N) is 1. The summed E-state index contributed by atoms with van der Waals surface area (Å²) in [6.45, 7) is 2.27. The van der Waals surface area contributed by atoms with Gasteiger partial charge in [-0.15, -0.1) is 0 Å². The average molecular weight is 227 g/mol. The Morgan fingerprint density at radius 1 is 1.24 bits per heavy atom.